The van der Waals surface area contributed by atoms with Crippen LogP contribution in [0.2, 0.25) is 18.1 Å². The van der Waals surface area contributed by atoms with Gasteiger partial charge in [-0.3, -0.25) is 4.79 Å². The second-order valence-electron chi connectivity index (χ2n) is 14.0. The Morgan fingerprint density at radius 1 is 0.651 bits per heavy atom. The quantitative estimate of drug-likeness (QED) is 0.0634. The molecule has 0 bridgehead atoms. The Morgan fingerprint density at radius 3 is 1.58 bits per heavy atom. The van der Waals surface area contributed by atoms with Crippen molar-refractivity contribution in [2.75, 3.05) is 0 Å². The molecule has 1 N–H and O–H groups in total. The van der Waals surface area contributed by atoms with E-state index in [4.69, 9.17) is 19.0 Å². The zero-order valence-electron chi connectivity index (χ0n) is 29.7. The van der Waals surface area contributed by atoms with E-state index in [9.17, 15) is 4.79 Å². The molecule has 0 amide bonds. The van der Waals surface area contributed by atoms with Crippen LogP contribution in [0.15, 0.2) is 0 Å². The summed E-state index contributed by atoms with van der Waals surface area (Å²) in [7, 11) is -1.66. The summed E-state index contributed by atoms with van der Waals surface area (Å²) in [5.41, 5.74) is 0. The van der Waals surface area contributed by atoms with Crippen LogP contribution in [0.25, 0.3) is 0 Å². The molecule has 43 heavy (non-hydrogen) atoms. The van der Waals surface area contributed by atoms with E-state index in [-0.39, 0.29) is 12.2 Å². The summed E-state index contributed by atoms with van der Waals surface area (Å²) in [5, 5.41) is 8.74. The standard InChI is InChI=1S/C37H74O5Si/c1-7-11-12-13-14-20-23-26-29-34-35(41-37(5,6)40-34)32-31-33(42-43(8-2,9-3)10-4)28-25-22-19-17-15-16-18-21-24-27-30-36(38)39/h33-35H,7-32H2,1-6H3,(H,38,39)/t33-,34-,35-/m0/s1. The first kappa shape index (κ1) is 40.6. The van der Waals surface area contributed by atoms with Crippen LogP contribution >= 0.6 is 0 Å². The van der Waals surface area contributed by atoms with Gasteiger partial charge in [-0.05, 0) is 64.1 Å². The van der Waals surface area contributed by atoms with Crippen LogP contribution in [0.4, 0.5) is 0 Å². The fraction of sp³-hybridized carbons (Fsp3) is 0.973. The SMILES string of the molecule is CCCCCCCCCC[C@@H]1OC(C)(C)O[C@H]1CC[C@H](CCCCCCCCCCCCC(=O)O)O[Si](CC)(CC)CC. The summed E-state index contributed by atoms with van der Waals surface area (Å²) in [4.78, 5) is 10.6. The van der Waals surface area contributed by atoms with Gasteiger partial charge >= 0.3 is 5.97 Å². The molecule has 6 heteroatoms. The van der Waals surface area contributed by atoms with Gasteiger partial charge in [0.15, 0.2) is 14.1 Å². The van der Waals surface area contributed by atoms with Gasteiger partial charge in [0.2, 0.25) is 0 Å². The van der Waals surface area contributed by atoms with Crippen molar-refractivity contribution in [3.63, 3.8) is 0 Å². The van der Waals surface area contributed by atoms with Gasteiger partial charge in [-0.25, -0.2) is 0 Å². The first-order chi connectivity index (χ1) is 20.7. The molecule has 0 saturated carbocycles. The maximum absolute atomic E-state index is 10.6. The van der Waals surface area contributed by atoms with Crippen LogP contribution in [-0.2, 0) is 18.7 Å². The van der Waals surface area contributed by atoms with E-state index < -0.39 is 20.1 Å². The largest absolute Gasteiger partial charge is 0.481 e. The van der Waals surface area contributed by atoms with Gasteiger partial charge in [0, 0.05) is 12.5 Å². The van der Waals surface area contributed by atoms with E-state index in [2.05, 4.69) is 41.5 Å². The average molecular weight is 627 g/mol. The van der Waals surface area contributed by atoms with Crippen molar-refractivity contribution in [1.29, 1.82) is 0 Å². The lowest BCUT2D eigenvalue weighted by atomic mass is 9.98. The average Bonchev–Trinajstić information content (AvgIpc) is 3.28. The predicted molar refractivity (Wildman–Crippen MR) is 185 cm³/mol. The molecular weight excluding hydrogens is 552 g/mol. The van der Waals surface area contributed by atoms with E-state index >= 15 is 0 Å². The summed E-state index contributed by atoms with van der Waals surface area (Å²) in [6.07, 6.45) is 28.4. The summed E-state index contributed by atoms with van der Waals surface area (Å²) in [5.74, 6) is -1.14. The lowest BCUT2D eigenvalue weighted by Crippen LogP contribution is -2.40. The highest BCUT2D eigenvalue weighted by Gasteiger charge is 2.41. The zero-order valence-corrected chi connectivity index (χ0v) is 30.7. The van der Waals surface area contributed by atoms with Gasteiger partial charge in [-0.1, -0.05) is 137 Å². The minimum atomic E-state index is -1.66. The van der Waals surface area contributed by atoms with E-state index in [1.807, 2.05) is 0 Å². The van der Waals surface area contributed by atoms with E-state index in [1.165, 1.54) is 127 Å². The maximum atomic E-state index is 10.6. The van der Waals surface area contributed by atoms with Gasteiger partial charge < -0.3 is 19.0 Å². The molecule has 0 radical (unpaired) electrons. The van der Waals surface area contributed by atoms with Crippen molar-refractivity contribution in [3.8, 4) is 0 Å². The molecule has 1 aliphatic heterocycles. The van der Waals surface area contributed by atoms with Crippen molar-refractivity contribution < 1.29 is 23.8 Å². The van der Waals surface area contributed by atoms with Crippen LogP contribution in [0.5, 0.6) is 0 Å². The van der Waals surface area contributed by atoms with Crippen molar-refractivity contribution in [2.24, 2.45) is 0 Å². The second-order valence-corrected chi connectivity index (χ2v) is 18.7. The molecule has 0 spiro atoms. The predicted octanol–water partition coefficient (Wildman–Crippen LogP) is 12.0. The molecule has 0 aromatic carbocycles. The minimum Gasteiger partial charge on any atom is -0.481 e. The minimum absolute atomic E-state index is 0.190. The van der Waals surface area contributed by atoms with Crippen LogP contribution in [-0.4, -0.2) is 43.5 Å². The molecule has 1 heterocycles. The van der Waals surface area contributed by atoms with Gasteiger partial charge in [-0.2, -0.15) is 0 Å². The van der Waals surface area contributed by atoms with E-state index in [0.717, 1.165) is 32.1 Å². The van der Waals surface area contributed by atoms with Crippen molar-refractivity contribution in [1.82, 2.24) is 0 Å². The zero-order chi connectivity index (χ0) is 31.8. The highest BCUT2D eigenvalue weighted by atomic mass is 28.4. The van der Waals surface area contributed by atoms with E-state index in [1.54, 1.807) is 0 Å². The smallest absolute Gasteiger partial charge is 0.303 e. The van der Waals surface area contributed by atoms with Crippen molar-refractivity contribution in [2.45, 2.75) is 231 Å². The topological polar surface area (TPSA) is 65.0 Å². The Kier molecular flexibility index (Phi) is 23.4. The molecule has 256 valence electrons. The molecule has 5 nitrogen and oxygen atoms in total. The van der Waals surface area contributed by atoms with Crippen LogP contribution < -0.4 is 0 Å². The number of carboxylic acid groups (broad SMARTS) is 1. The first-order valence-electron chi connectivity index (χ1n) is 19.0. The molecule has 0 aliphatic carbocycles. The first-order valence-corrected chi connectivity index (χ1v) is 21.5. The molecule has 0 unspecified atom stereocenters. The van der Waals surface area contributed by atoms with Crippen LogP contribution in [0, 0.1) is 0 Å². The number of rotatable bonds is 30. The highest BCUT2D eigenvalue weighted by Crippen LogP contribution is 2.35. The third-order valence-corrected chi connectivity index (χ3v) is 14.6. The van der Waals surface area contributed by atoms with E-state index in [0.29, 0.717) is 12.5 Å². The van der Waals surface area contributed by atoms with Crippen molar-refractivity contribution >= 4 is 14.3 Å². The molecular formula is C37H74O5Si. The summed E-state index contributed by atoms with van der Waals surface area (Å²) < 4.78 is 20.0. The lowest BCUT2D eigenvalue weighted by Gasteiger charge is -2.34. The fourth-order valence-corrected chi connectivity index (χ4v) is 9.85. The number of carboxylic acids is 1. The molecule has 1 fully saturated rings. The van der Waals surface area contributed by atoms with Crippen LogP contribution in [0.3, 0.4) is 0 Å². The number of carbonyl (C=O) groups is 1. The second kappa shape index (κ2) is 24.8. The number of unbranched alkanes of at least 4 members (excludes halogenated alkanes) is 16. The maximum Gasteiger partial charge on any atom is 0.303 e. The lowest BCUT2D eigenvalue weighted by molar-refractivity contribution is -0.147. The summed E-state index contributed by atoms with van der Waals surface area (Å²) in [6.45, 7) is 13.5. The molecule has 1 saturated heterocycles. The van der Waals surface area contributed by atoms with Crippen LogP contribution in [0.1, 0.15) is 189 Å². The Balaban J connectivity index is 2.46. The normalized spacial score (nSPS) is 19.2. The Morgan fingerprint density at radius 2 is 1.09 bits per heavy atom. The summed E-state index contributed by atoms with van der Waals surface area (Å²) in [6, 6.07) is 3.64. The molecule has 0 aromatic rings. The molecule has 0 aromatic heterocycles. The van der Waals surface area contributed by atoms with Gasteiger partial charge in [0.25, 0.3) is 0 Å². The third kappa shape index (κ3) is 19.6. The molecule has 1 rings (SSSR count). The van der Waals surface area contributed by atoms with Gasteiger partial charge in [-0.15, -0.1) is 0 Å². The van der Waals surface area contributed by atoms with Crippen molar-refractivity contribution in [3.05, 3.63) is 0 Å². The number of hydrogen-bond acceptors (Lipinski definition) is 4. The molecule has 1 aliphatic rings. The Bertz CT molecular complexity index is 657. The summed E-state index contributed by atoms with van der Waals surface area (Å²) >= 11 is 0. The number of aliphatic carboxylic acids is 1. The third-order valence-electron chi connectivity index (χ3n) is 9.92. The molecule has 3 atom stereocenters. The van der Waals surface area contributed by atoms with Gasteiger partial charge in [0.1, 0.15) is 0 Å². The number of ether oxygens (including phenoxy) is 2. The van der Waals surface area contributed by atoms with Gasteiger partial charge in [0.05, 0.1) is 12.2 Å². The monoisotopic (exact) mass is 627 g/mol. The Labute approximate surface area is 269 Å². The fourth-order valence-electron chi connectivity index (χ4n) is 6.91. The number of hydrogen-bond donors (Lipinski definition) is 1. The highest BCUT2D eigenvalue weighted by molar-refractivity contribution is 6.73. The Hall–Kier alpha value is -0.433.